The van der Waals surface area contributed by atoms with Crippen LogP contribution in [0.25, 0.3) is 43.7 Å². The summed E-state index contributed by atoms with van der Waals surface area (Å²) in [4.78, 5) is 26.7. The lowest BCUT2D eigenvalue weighted by molar-refractivity contribution is 0.470. The molecule has 0 unspecified atom stereocenters. The lowest BCUT2D eigenvalue weighted by Crippen LogP contribution is -2.27. The van der Waals surface area contributed by atoms with Gasteiger partial charge in [0.05, 0.1) is 5.69 Å². The molecule has 0 spiro atoms. The first-order chi connectivity index (χ1) is 16.8. The van der Waals surface area contributed by atoms with Gasteiger partial charge < -0.3 is 5.11 Å². The number of phenols is 1. The molecule has 0 amide bonds. The maximum atomic E-state index is 13.7. The summed E-state index contributed by atoms with van der Waals surface area (Å²) in [5, 5.41) is 19.3. The van der Waals surface area contributed by atoms with E-state index >= 15 is 0 Å². The number of fused-ring (bicyclic) bond motifs is 5. The molecule has 0 saturated heterocycles. The van der Waals surface area contributed by atoms with E-state index in [1.165, 1.54) is 0 Å². The number of aryl methyl sites for hydroxylation is 3. The van der Waals surface area contributed by atoms with Crippen molar-refractivity contribution < 1.29 is 5.11 Å². The summed E-state index contributed by atoms with van der Waals surface area (Å²) in [6.07, 6.45) is 0. The van der Waals surface area contributed by atoms with Gasteiger partial charge in [-0.3, -0.25) is 0 Å². The van der Waals surface area contributed by atoms with Gasteiger partial charge in [0.15, 0.2) is 0 Å². The maximum absolute atomic E-state index is 13.7. The van der Waals surface area contributed by atoms with Crippen molar-refractivity contribution in [2.45, 2.75) is 20.8 Å². The third kappa shape index (κ3) is 3.10. The first-order valence-corrected chi connectivity index (χ1v) is 11.4. The molecule has 2 N–H and O–H groups in total. The van der Waals surface area contributed by atoms with Crippen molar-refractivity contribution in [2.75, 3.05) is 0 Å². The van der Waals surface area contributed by atoms with Crippen molar-refractivity contribution in [3.63, 3.8) is 0 Å². The number of aromatic amines is 1. The van der Waals surface area contributed by atoms with Gasteiger partial charge in [-0.05, 0) is 82.6 Å². The zero-order chi connectivity index (χ0) is 24.4. The number of rotatable bonds is 2. The summed E-state index contributed by atoms with van der Waals surface area (Å²) < 4.78 is 2.26. The first-order valence-electron chi connectivity index (χ1n) is 11.4. The van der Waals surface area contributed by atoms with Gasteiger partial charge in [0.25, 0.3) is 0 Å². The molecule has 6 aromatic rings. The van der Waals surface area contributed by atoms with E-state index in [0.29, 0.717) is 11.1 Å². The molecule has 0 atom stereocenters. The van der Waals surface area contributed by atoms with E-state index in [-0.39, 0.29) is 11.4 Å². The third-order valence-corrected chi connectivity index (χ3v) is 6.65. The summed E-state index contributed by atoms with van der Waals surface area (Å²) in [6.45, 7) is 5.89. The van der Waals surface area contributed by atoms with Crippen LogP contribution >= 0.6 is 0 Å². The Hall–Kier alpha value is -4.58. The van der Waals surface area contributed by atoms with E-state index in [9.17, 15) is 14.7 Å². The number of phenolic OH excluding ortho intramolecular Hbond substituents is 1. The van der Waals surface area contributed by atoms with E-state index in [1.54, 1.807) is 18.2 Å². The summed E-state index contributed by atoms with van der Waals surface area (Å²) in [7, 11) is 0. The molecule has 6 nitrogen and oxygen atoms in total. The van der Waals surface area contributed by atoms with E-state index in [2.05, 4.69) is 11.2 Å². The SMILES string of the molecule is Cc1cc(C)cc(-n2c(=O)[nH]n(-c3c(O)ccc4ccc5ccc6cccc(C)c6c5c34)c2=O)c1. The van der Waals surface area contributed by atoms with E-state index in [1.807, 2.05) is 69.3 Å². The van der Waals surface area contributed by atoms with Crippen LogP contribution in [0.1, 0.15) is 16.7 Å². The lowest BCUT2D eigenvalue weighted by atomic mass is 9.93. The Kier molecular flexibility index (Phi) is 4.48. The van der Waals surface area contributed by atoms with Gasteiger partial charge in [-0.2, -0.15) is 4.68 Å². The Morgan fingerprint density at radius 1 is 0.714 bits per heavy atom. The highest BCUT2D eigenvalue weighted by Gasteiger charge is 2.20. The average Bonchev–Trinajstić information content (AvgIpc) is 3.11. The molecule has 1 aromatic heterocycles. The molecule has 6 rings (SSSR count). The minimum Gasteiger partial charge on any atom is -0.506 e. The van der Waals surface area contributed by atoms with Crippen molar-refractivity contribution in [1.82, 2.24) is 14.3 Å². The fourth-order valence-electron chi connectivity index (χ4n) is 5.23. The zero-order valence-corrected chi connectivity index (χ0v) is 19.6. The first kappa shape index (κ1) is 21.0. The zero-order valence-electron chi connectivity index (χ0n) is 19.6. The fourth-order valence-corrected chi connectivity index (χ4v) is 5.23. The molecule has 35 heavy (non-hydrogen) atoms. The summed E-state index contributed by atoms with van der Waals surface area (Å²) in [5.74, 6) is -0.0912. The molecular weight excluding hydrogens is 438 g/mol. The highest BCUT2D eigenvalue weighted by molar-refractivity contribution is 6.23. The predicted octanol–water partition coefficient (Wildman–Crippen LogP) is 5.41. The van der Waals surface area contributed by atoms with Gasteiger partial charge in [-0.15, -0.1) is 0 Å². The fraction of sp³-hybridized carbons (Fsp3) is 0.103. The van der Waals surface area contributed by atoms with Crippen LogP contribution in [0.3, 0.4) is 0 Å². The topological polar surface area (TPSA) is 80.0 Å². The Morgan fingerprint density at radius 2 is 1.31 bits per heavy atom. The van der Waals surface area contributed by atoms with Gasteiger partial charge in [-0.1, -0.05) is 54.6 Å². The maximum Gasteiger partial charge on any atom is 0.356 e. The summed E-state index contributed by atoms with van der Waals surface area (Å²) in [5.41, 5.74) is 2.57. The molecule has 6 heteroatoms. The van der Waals surface area contributed by atoms with Crippen LogP contribution in [0.5, 0.6) is 5.75 Å². The van der Waals surface area contributed by atoms with Crippen LogP contribution in [0.4, 0.5) is 0 Å². The number of nitrogens with zero attached hydrogens (tertiary/aromatic N) is 2. The van der Waals surface area contributed by atoms with E-state index < -0.39 is 11.4 Å². The Balaban J connectivity index is 1.79. The number of hydrogen-bond donors (Lipinski definition) is 2. The van der Waals surface area contributed by atoms with E-state index in [0.717, 1.165) is 52.9 Å². The smallest absolute Gasteiger partial charge is 0.356 e. The average molecular weight is 462 g/mol. The number of nitrogens with one attached hydrogen (secondary N) is 1. The van der Waals surface area contributed by atoms with Crippen LogP contribution in [-0.2, 0) is 0 Å². The van der Waals surface area contributed by atoms with Crippen LogP contribution in [0, 0.1) is 20.8 Å². The van der Waals surface area contributed by atoms with Crippen molar-refractivity contribution in [1.29, 1.82) is 0 Å². The van der Waals surface area contributed by atoms with Gasteiger partial charge in [0, 0.05) is 5.39 Å². The Bertz CT molecular complexity index is 1910. The van der Waals surface area contributed by atoms with Crippen molar-refractivity contribution in [3.05, 3.63) is 110 Å². The number of aromatic nitrogens is 3. The van der Waals surface area contributed by atoms with Crippen molar-refractivity contribution >= 4 is 32.3 Å². The molecule has 0 saturated carbocycles. The number of hydrogen-bond acceptors (Lipinski definition) is 3. The molecule has 0 bridgehead atoms. The Morgan fingerprint density at radius 3 is 2.00 bits per heavy atom. The second kappa shape index (κ2) is 7.46. The quantitative estimate of drug-likeness (QED) is 0.339. The molecule has 1 heterocycles. The van der Waals surface area contributed by atoms with Gasteiger partial charge >= 0.3 is 11.4 Å². The van der Waals surface area contributed by atoms with Crippen LogP contribution in [-0.4, -0.2) is 19.5 Å². The monoisotopic (exact) mass is 461 g/mol. The number of H-pyrrole nitrogens is 1. The highest BCUT2D eigenvalue weighted by Crippen LogP contribution is 2.39. The third-order valence-electron chi connectivity index (χ3n) is 6.65. The van der Waals surface area contributed by atoms with E-state index in [4.69, 9.17) is 0 Å². The minimum atomic E-state index is -0.572. The van der Waals surface area contributed by atoms with Crippen LogP contribution < -0.4 is 11.4 Å². The summed E-state index contributed by atoms with van der Waals surface area (Å²) >= 11 is 0. The number of benzene rings is 5. The second-order valence-electron chi connectivity index (χ2n) is 9.15. The van der Waals surface area contributed by atoms with Gasteiger partial charge in [0.1, 0.15) is 11.4 Å². The van der Waals surface area contributed by atoms with Crippen LogP contribution in [0.15, 0.2) is 82.4 Å². The van der Waals surface area contributed by atoms with Gasteiger partial charge in [0.2, 0.25) is 0 Å². The molecule has 0 radical (unpaired) electrons. The number of aromatic hydroxyl groups is 1. The normalized spacial score (nSPS) is 11.6. The lowest BCUT2D eigenvalue weighted by Gasteiger charge is -2.14. The van der Waals surface area contributed by atoms with Crippen molar-refractivity contribution in [3.8, 4) is 17.1 Å². The molecular formula is C29H23N3O3. The molecule has 0 fully saturated rings. The molecule has 0 aliphatic rings. The highest BCUT2D eigenvalue weighted by atomic mass is 16.3. The molecule has 0 aliphatic heterocycles. The molecule has 172 valence electrons. The standard InChI is InChI=1S/C29H23N3O3/c1-16-13-17(2)15-22(14-16)31-28(34)30-32(29(31)35)27-23(33)12-11-21-10-9-20-8-7-19-6-4-5-18(3)24(19)25(20)26(21)27/h4-15,33H,1-3H3,(H,30,34). The molecule has 0 aliphatic carbocycles. The van der Waals surface area contributed by atoms with Crippen LogP contribution in [0.2, 0.25) is 0 Å². The Labute approximate surface area is 200 Å². The second-order valence-corrected chi connectivity index (χ2v) is 9.15. The van der Waals surface area contributed by atoms with Crippen molar-refractivity contribution in [2.24, 2.45) is 0 Å². The predicted molar refractivity (Wildman–Crippen MR) is 140 cm³/mol. The van der Waals surface area contributed by atoms with Gasteiger partial charge in [-0.25, -0.2) is 19.3 Å². The minimum absolute atomic E-state index is 0.0912. The molecule has 5 aromatic carbocycles. The largest absolute Gasteiger partial charge is 0.506 e. The summed E-state index contributed by atoms with van der Waals surface area (Å²) in [6, 6.07) is 23.2.